The summed E-state index contributed by atoms with van der Waals surface area (Å²) in [7, 11) is 0. The Morgan fingerprint density at radius 3 is 2.94 bits per heavy atom. The Kier molecular flexibility index (Phi) is 2.81. The summed E-state index contributed by atoms with van der Waals surface area (Å²) in [5.41, 5.74) is 0. The van der Waals surface area contributed by atoms with E-state index in [1.165, 1.54) is 12.8 Å². The number of anilines is 1. The third-order valence-corrected chi connectivity index (χ3v) is 2.97. The topological polar surface area (TPSA) is 47.7 Å². The van der Waals surface area contributed by atoms with Crippen molar-refractivity contribution in [3.63, 3.8) is 0 Å². The van der Waals surface area contributed by atoms with Crippen LogP contribution in [0.5, 0.6) is 0 Å². The molecule has 0 aromatic carbocycles. The molecule has 1 aliphatic rings. The molecule has 1 N–H and O–H groups in total. The summed E-state index contributed by atoms with van der Waals surface area (Å²) in [6.07, 6.45) is 11.3. The Morgan fingerprint density at radius 2 is 2.18 bits per heavy atom. The van der Waals surface area contributed by atoms with Crippen LogP contribution >= 0.6 is 0 Å². The highest BCUT2D eigenvalue weighted by molar-refractivity contribution is 5.29. The molecular weight excluding hydrogens is 214 g/mol. The molecular formula is C12H17N5. The van der Waals surface area contributed by atoms with Gasteiger partial charge < -0.3 is 9.88 Å². The molecule has 0 unspecified atom stereocenters. The highest BCUT2D eigenvalue weighted by Crippen LogP contribution is 2.23. The zero-order valence-electron chi connectivity index (χ0n) is 9.79. The summed E-state index contributed by atoms with van der Waals surface area (Å²) in [6.45, 7) is 1.93. The quantitative estimate of drug-likeness (QED) is 0.823. The Hall–Kier alpha value is -1.78. The molecule has 2 heterocycles. The molecule has 0 atom stereocenters. The van der Waals surface area contributed by atoms with Gasteiger partial charge in [0, 0.05) is 43.9 Å². The zero-order chi connectivity index (χ0) is 11.5. The van der Waals surface area contributed by atoms with E-state index in [1.807, 2.05) is 35.5 Å². The maximum absolute atomic E-state index is 4.34. The van der Waals surface area contributed by atoms with Crippen molar-refractivity contribution in [2.45, 2.75) is 38.4 Å². The van der Waals surface area contributed by atoms with Gasteiger partial charge in [-0.3, -0.25) is 4.68 Å². The average molecular weight is 231 g/mol. The van der Waals surface area contributed by atoms with Crippen LogP contribution in [-0.4, -0.2) is 25.4 Å². The summed E-state index contributed by atoms with van der Waals surface area (Å²) in [5, 5.41) is 7.63. The van der Waals surface area contributed by atoms with Crippen molar-refractivity contribution in [2.75, 3.05) is 5.32 Å². The Morgan fingerprint density at radius 1 is 1.24 bits per heavy atom. The standard InChI is InChI=1S/C12H17N5/c1-5-14-17(8-1)9-2-7-16-10-6-13-12(16)15-11-3-4-11/h1,5-6,8,10-11H,2-4,7,9H2,(H,13,15). The van der Waals surface area contributed by atoms with E-state index in [4.69, 9.17) is 0 Å². The number of hydrogen-bond acceptors (Lipinski definition) is 3. The van der Waals surface area contributed by atoms with Crippen molar-refractivity contribution in [3.05, 3.63) is 30.9 Å². The van der Waals surface area contributed by atoms with E-state index in [2.05, 4.69) is 20.0 Å². The molecule has 90 valence electrons. The fourth-order valence-corrected chi connectivity index (χ4v) is 1.88. The third-order valence-electron chi connectivity index (χ3n) is 2.97. The van der Waals surface area contributed by atoms with Crippen LogP contribution in [0.25, 0.3) is 0 Å². The largest absolute Gasteiger partial charge is 0.353 e. The first-order valence-corrected chi connectivity index (χ1v) is 6.17. The van der Waals surface area contributed by atoms with Gasteiger partial charge in [-0.2, -0.15) is 5.10 Å². The molecule has 0 bridgehead atoms. The van der Waals surface area contributed by atoms with Gasteiger partial charge in [-0.25, -0.2) is 4.98 Å². The molecule has 0 aliphatic heterocycles. The minimum atomic E-state index is 0.655. The minimum Gasteiger partial charge on any atom is -0.353 e. The highest BCUT2D eigenvalue weighted by atomic mass is 15.3. The highest BCUT2D eigenvalue weighted by Gasteiger charge is 2.22. The SMILES string of the molecule is c1cnn(CCCn2ccnc2NC2CC2)c1. The normalized spacial score (nSPS) is 15.1. The van der Waals surface area contributed by atoms with Crippen LogP contribution in [-0.2, 0) is 13.1 Å². The molecule has 0 radical (unpaired) electrons. The Labute approximate surface area is 100 Å². The predicted molar refractivity (Wildman–Crippen MR) is 65.7 cm³/mol. The lowest BCUT2D eigenvalue weighted by atomic mass is 10.4. The number of hydrogen-bond donors (Lipinski definition) is 1. The maximum Gasteiger partial charge on any atom is 0.202 e. The third kappa shape index (κ3) is 2.67. The van der Waals surface area contributed by atoms with Gasteiger partial charge in [0.15, 0.2) is 0 Å². The van der Waals surface area contributed by atoms with E-state index >= 15 is 0 Å². The number of aryl methyl sites for hydroxylation is 2. The van der Waals surface area contributed by atoms with Crippen LogP contribution < -0.4 is 5.32 Å². The van der Waals surface area contributed by atoms with Crippen molar-refractivity contribution < 1.29 is 0 Å². The number of imidazole rings is 1. The van der Waals surface area contributed by atoms with Crippen LogP contribution in [0.3, 0.4) is 0 Å². The second-order valence-electron chi connectivity index (χ2n) is 4.49. The second-order valence-corrected chi connectivity index (χ2v) is 4.49. The summed E-state index contributed by atoms with van der Waals surface area (Å²) in [4.78, 5) is 4.34. The smallest absolute Gasteiger partial charge is 0.202 e. The molecule has 0 spiro atoms. The lowest BCUT2D eigenvalue weighted by Crippen LogP contribution is -2.10. The van der Waals surface area contributed by atoms with E-state index in [1.54, 1.807) is 0 Å². The molecule has 3 rings (SSSR count). The fourth-order valence-electron chi connectivity index (χ4n) is 1.88. The number of nitrogens with zero attached hydrogens (tertiary/aromatic N) is 4. The molecule has 1 saturated carbocycles. The number of nitrogens with one attached hydrogen (secondary N) is 1. The van der Waals surface area contributed by atoms with E-state index in [9.17, 15) is 0 Å². The van der Waals surface area contributed by atoms with Crippen LogP contribution in [0.1, 0.15) is 19.3 Å². The second kappa shape index (κ2) is 4.61. The molecule has 2 aromatic rings. The van der Waals surface area contributed by atoms with E-state index in [0.717, 1.165) is 25.5 Å². The monoisotopic (exact) mass is 231 g/mol. The lowest BCUT2D eigenvalue weighted by molar-refractivity contribution is 0.528. The summed E-state index contributed by atoms with van der Waals surface area (Å²) in [6, 6.07) is 2.61. The molecule has 1 aliphatic carbocycles. The van der Waals surface area contributed by atoms with Crippen LogP contribution in [0.2, 0.25) is 0 Å². The molecule has 5 nitrogen and oxygen atoms in total. The van der Waals surface area contributed by atoms with Crippen LogP contribution in [0.15, 0.2) is 30.9 Å². The van der Waals surface area contributed by atoms with Gasteiger partial charge in [0.1, 0.15) is 0 Å². The van der Waals surface area contributed by atoms with Crippen molar-refractivity contribution in [1.29, 1.82) is 0 Å². The molecule has 5 heteroatoms. The average Bonchev–Trinajstić information content (AvgIpc) is 2.82. The van der Waals surface area contributed by atoms with Gasteiger partial charge >= 0.3 is 0 Å². The number of rotatable bonds is 6. The van der Waals surface area contributed by atoms with Crippen molar-refractivity contribution in [2.24, 2.45) is 0 Å². The van der Waals surface area contributed by atoms with Gasteiger partial charge in [0.2, 0.25) is 5.95 Å². The molecule has 17 heavy (non-hydrogen) atoms. The van der Waals surface area contributed by atoms with E-state index < -0.39 is 0 Å². The van der Waals surface area contributed by atoms with Gasteiger partial charge in [0.05, 0.1) is 0 Å². The number of aromatic nitrogens is 4. The Bertz CT molecular complexity index is 455. The van der Waals surface area contributed by atoms with Crippen molar-refractivity contribution in [3.8, 4) is 0 Å². The summed E-state index contributed by atoms with van der Waals surface area (Å²) < 4.78 is 4.15. The van der Waals surface area contributed by atoms with Crippen LogP contribution in [0.4, 0.5) is 5.95 Å². The van der Waals surface area contributed by atoms with Gasteiger partial charge in [-0.15, -0.1) is 0 Å². The first kappa shape index (κ1) is 10.4. The van der Waals surface area contributed by atoms with Gasteiger partial charge in [-0.1, -0.05) is 0 Å². The van der Waals surface area contributed by atoms with Crippen molar-refractivity contribution in [1.82, 2.24) is 19.3 Å². The summed E-state index contributed by atoms with van der Waals surface area (Å²) >= 11 is 0. The molecule has 2 aromatic heterocycles. The zero-order valence-corrected chi connectivity index (χ0v) is 9.79. The Balaban J connectivity index is 1.52. The molecule has 1 fully saturated rings. The first-order chi connectivity index (χ1) is 8.42. The van der Waals surface area contributed by atoms with E-state index in [0.29, 0.717) is 6.04 Å². The molecule has 0 saturated heterocycles. The first-order valence-electron chi connectivity index (χ1n) is 6.17. The maximum atomic E-state index is 4.34. The van der Waals surface area contributed by atoms with Gasteiger partial charge in [0.25, 0.3) is 0 Å². The minimum absolute atomic E-state index is 0.655. The van der Waals surface area contributed by atoms with Gasteiger partial charge in [-0.05, 0) is 25.3 Å². The molecule has 0 amide bonds. The fraction of sp³-hybridized carbons (Fsp3) is 0.500. The predicted octanol–water partition coefficient (Wildman–Crippen LogP) is 1.74. The summed E-state index contributed by atoms with van der Waals surface area (Å²) in [5.74, 6) is 1.01. The van der Waals surface area contributed by atoms with Crippen LogP contribution in [0, 0.1) is 0 Å². The van der Waals surface area contributed by atoms with E-state index in [-0.39, 0.29) is 0 Å². The lowest BCUT2D eigenvalue weighted by Gasteiger charge is -2.08. The van der Waals surface area contributed by atoms with Crippen molar-refractivity contribution >= 4 is 5.95 Å².